The molecule has 4 amide bonds. The Bertz CT molecular complexity index is 1100. The Kier molecular flexibility index (Phi) is 17.1. The van der Waals surface area contributed by atoms with Gasteiger partial charge in [-0.1, -0.05) is 62.8 Å². The molecule has 0 aliphatic carbocycles. The van der Waals surface area contributed by atoms with Crippen LogP contribution in [0.2, 0.25) is 0 Å². The lowest BCUT2D eigenvalue weighted by Crippen LogP contribution is -2.53. The number of alkyl carbamates (subject to hydrolysis) is 1. The van der Waals surface area contributed by atoms with E-state index in [0.29, 0.717) is 12.0 Å². The Labute approximate surface area is 263 Å². The lowest BCUT2D eigenvalue weighted by molar-refractivity contribution is -0.144. The largest absolute Gasteiger partial charge is 0.466 e. The predicted octanol–water partition coefficient (Wildman–Crippen LogP) is 4.76. The molecule has 0 saturated heterocycles. The summed E-state index contributed by atoms with van der Waals surface area (Å²) in [6.07, 6.45) is 4.68. The molecule has 1 aromatic rings. The van der Waals surface area contributed by atoms with Crippen LogP contribution >= 0.6 is 0 Å². The number of nitrogens with one attached hydrogen (secondary N) is 2. The number of nitrogens with zero attached hydrogens (tertiary/aromatic N) is 1. The van der Waals surface area contributed by atoms with E-state index in [2.05, 4.69) is 17.6 Å². The standard InChI is InChI=1S/C33H54N4O7/c1-8-10-11-12-13-14-21-37(31(41)26(17-18-27(34)38)36-32(42)44-33(5,6)7)29(25-16-15-23(3)22-24(25)4)30(40)35-20-19-28(39)43-9-2/h15-16,22,26,29H,8-14,17-21H2,1-7H3,(H2,34,38)(H,35,40)(H,36,42). The lowest BCUT2D eigenvalue weighted by Gasteiger charge is -2.35. The number of esters is 1. The van der Waals surface area contributed by atoms with E-state index < -0.39 is 47.5 Å². The molecule has 0 radical (unpaired) electrons. The smallest absolute Gasteiger partial charge is 0.408 e. The van der Waals surface area contributed by atoms with E-state index in [9.17, 15) is 24.0 Å². The van der Waals surface area contributed by atoms with Crippen molar-refractivity contribution in [3.05, 3.63) is 34.9 Å². The number of ether oxygens (including phenoxy) is 2. The topological polar surface area (TPSA) is 157 Å². The molecule has 1 aromatic carbocycles. The van der Waals surface area contributed by atoms with Gasteiger partial charge in [-0.25, -0.2) is 4.79 Å². The second kappa shape index (κ2) is 19.6. The molecule has 0 aliphatic heterocycles. The van der Waals surface area contributed by atoms with Gasteiger partial charge in [0.25, 0.3) is 0 Å². The number of amides is 4. The minimum atomic E-state index is -1.17. The van der Waals surface area contributed by atoms with Crippen molar-refractivity contribution in [2.75, 3.05) is 19.7 Å². The third-order valence-electron chi connectivity index (χ3n) is 6.92. The van der Waals surface area contributed by atoms with Gasteiger partial charge >= 0.3 is 12.1 Å². The number of nitrogens with two attached hydrogens (primary N) is 1. The molecule has 4 N–H and O–H groups in total. The summed E-state index contributed by atoms with van der Waals surface area (Å²) in [6.45, 7) is 13.3. The van der Waals surface area contributed by atoms with Gasteiger partial charge < -0.3 is 30.7 Å². The van der Waals surface area contributed by atoms with Crippen LogP contribution in [-0.4, -0.2) is 66.0 Å². The Balaban J connectivity index is 3.52. The second-order valence-electron chi connectivity index (χ2n) is 12.1. The summed E-state index contributed by atoms with van der Waals surface area (Å²) < 4.78 is 10.4. The molecule has 11 nitrogen and oxygen atoms in total. The van der Waals surface area contributed by atoms with Crippen molar-refractivity contribution in [2.24, 2.45) is 5.73 Å². The first-order chi connectivity index (χ1) is 20.7. The zero-order chi connectivity index (χ0) is 33.3. The van der Waals surface area contributed by atoms with E-state index in [4.69, 9.17) is 15.2 Å². The van der Waals surface area contributed by atoms with Gasteiger partial charge in [0, 0.05) is 19.5 Å². The molecule has 248 valence electrons. The SMILES string of the molecule is CCCCCCCCN(C(=O)C(CCC(N)=O)NC(=O)OC(C)(C)C)C(C(=O)NCCC(=O)OCC)c1ccc(C)cc1C. The van der Waals surface area contributed by atoms with Gasteiger partial charge in [-0.05, 0) is 65.5 Å². The van der Waals surface area contributed by atoms with Crippen molar-refractivity contribution in [2.45, 2.75) is 124 Å². The summed E-state index contributed by atoms with van der Waals surface area (Å²) in [6, 6.07) is 3.40. The minimum absolute atomic E-state index is 0.0218. The predicted molar refractivity (Wildman–Crippen MR) is 170 cm³/mol. The molecule has 0 aliphatic rings. The van der Waals surface area contributed by atoms with Crippen LogP contribution in [0.3, 0.4) is 0 Å². The number of benzene rings is 1. The van der Waals surface area contributed by atoms with Crippen molar-refractivity contribution >= 4 is 29.8 Å². The highest BCUT2D eigenvalue weighted by Crippen LogP contribution is 2.28. The zero-order valence-corrected chi connectivity index (χ0v) is 27.8. The number of carbonyl (C=O) groups excluding carboxylic acids is 5. The van der Waals surface area contributed by atoms with Gasteiger partial charge in [0.15, 0.2) is 0 Å². The summed E-state index contributed by atoms with van der Waals surface area (Å²) in [5.41, 5.74) is 7.02. The molecule has 11 heteroatoms. The monoisotopic (exact) mass is 618 g/mol. The number of aryl methyl sites for hydroxylation is 2. The number of carbonyl (C=O) groups is 5. The highest BCUT2D eigenvalue weighted by atomic mass is 16.6. The van der Waals surface area contributed by atoms with E-state index in [-0.39, 0.29) is 39.0 Å². The van der Waals surface area contributed by atoms with Gasteiger partial charge in [-0.3, -0.25) is 19.2 Å². The summed E-state index contributed by atoms with van der Waals surface area (Å²) >= 11 is 0. The van der Waals surface area contributed by atoms with E-state index >= 15 is 0 Å². The van der Waals surface area contributed by atoms with E-state index in [1.807, 2.05) is 32.0 Å². The van der Waals surface area contributed by atoms with Gasteiger partial charge in [-0.15, -0.1) is 0 Å². The van der Waals surface area contributed by atoms with Crippen LogP contribution in [0.4, 0.5) is 4.79 Å². The molecule has 0 saturated carbocycles. The van der Waals surface area contributed by atoms with Gasteiger partial charge in [-0.2, -0.15) is 0 Å². The zero-order valence-electron chi connectivity index (χ0n) is 27.8. The molecular formula is C33H54N4O7. The quantitative estimate of drug-likeness (QED) is 0.149. The first-order valence-electron chi connectivity index (χ1n) is 15.8. The Morgan fingerprint density at radius 1 is 0.955 bits per heavy atom. The molecule has 0 bridgehead atoms. The average Bonchev–Trinajstić information content (AvgIpc) is 2.91. The Hall–Kier alpha value is -3.63. The maximum absolute atomic E-state index is 14.3. The summed E-state index contributed by atoms with van der Waals surface area (Å²) in [4.78, 5) is 66.1. The van der Waals surface area contributed by atoms with Crippen LogP contribution in [0.1, 0.15) is 115 Å². The second-order valence-corrected chi connectivity index (χ2v) is 12.1. The highest BCUT2D eigenvalue weighted by molar-refractivity contribution is 5.92. The average molecular weight is 619 g/mol. The van der Waals surface area contributed by atoms with Gasteiger partial charge in [0.2, 0.25) is 17.7 Å². The first-order valence-corrected chi connectivity index (χ1v) is 15.8. The molecule has 0 aromatic heterocycles. The molecule has 2 atom stereocenters. The Morgan fingerprint density at radius 3 is 2.20 bits per heavy atom. The molecule has 44 heavy (non-hydrogen) atoms. The molecule has 2 unspecified atom stereocenters. The van der Waals surface area contributed by atoms with Crippen molar-refractivity contribution in [1.82, 2.24) is 15.5 Å². The lowest BCUT2D eigenvalue weighted by atomic mass is 9.95. The summed E-state index contributed by atoms with van der Waals surface area (Å²) in [7, 11) is 0. The fourth-order valence-electron chi connectivity index (χ4n) is 4.82. The number of primary amides is 1. The minimum Gasteiger partial charge on any atom is -0.466 e. The third-order valence-corrected chi connectivity index (χ3v) is 6.92. The summed E-state index contributed by atoms with van der Waals surface area (Å²) in [5.74, 6) is -2.06. The highest BCUT2D eigenvalue weighted by Gasteiger charge is 2.36. The molecule has 1 rings (SSSR count). The molecule has 0 heterocycles. The van der Waals surface area contributed by atoms with Gasteiger partial charge in [0.1, 0.15) is 17.7 Å². The van der Waals surface area contributed by atoms with Crippen LogP contribution in [0.15, 0.2) is 18.2 Å². The summed E-state index contributed by atoms with van der Waals surface area (Å²) in [5, 5.41) is 5.42. The molecule has 0 fully saturated rings. The van der Waals surface area contributed by atoms with E-state index in [0.717, 1.165) is 43.2 Å². The first kappa shape index (κ1) is 38.4. The third kappa shape index (κ3) is 14.7. The van der Waals surface area contributed by atoms with E-state index in [1.165, 1.54) is 4.90 Å². The molecular weight excluding hydrogens is 564 g/mol. The number of rotatable bonds is 19. The fourth-order valence-corrected chi connectivity index (χ4v) is 4.82. The normalized spacial score (nSPS) is 12.5. The Morgan fingerprint density at radius 2 is 1.61 bits per heavy atom. The maximum Gasteiger partial charge on any atom is 0.408 e. The van der Waals surface area contributed by atoms with Crippen LogP contribution in [0, 0.1) is 13.8 Å². The van der Waals surface area contributed by atoms with Crippen molar-refractivity contribution < 1.29 is 33.4 Å². The van der Waals surface area contributed by atoms with Crippen LogP contribution in [0.5, 0.6) is 0 Å². The maximum atomic E-state index is 14.3. The van der Waals surface area contributed by atoms with Crippen LogP contribution < -0.4 is 16.4 Å². The van der Waals surface area contributed by atoms with Crippen LogP contribution in [-0.2, 0) is 28.7 Å². The number of hydrogen-bond donors (Lipinski definition) is 3. The van der Waals surface area contributed by atoms with Crippen molar-refractivity contribution in [3.8, 4) is 0 Å². The van der Waals surface area contributed by atoms with Crippen LogP contribution in [0.25, 0.3) is 0 Å². The molecule has 0 spiro atoms. The van der Waals surface area contributed by atoms with Gasteiger partial charge in [0.05, 0.1) is 13.0 Å². The fraction of sp³-hybridized carbons (Fsp3) is 0.667. The van der Waals surface area contributed by atoms with Crippen molar-refractivity contribution in [1.29, 1.82) is 0 Å². The van der Waals surface area contributed by atoms with Crippen molar-refractivity contribution in [3.63, 3.8) is 0 Å². The number of unbranched alkanes of at least 4 members (excludes halogenated alkanes) is 5. The van der Waals surface area contributed by atoms with E-state index in [1.54, 1.807) is 27.7 Å². The number of hydrogen-bond acceptors (Lipinski definition) is 7.